The number of hydrogen-bond acceptors (Lipinski definition) is 5. The van der Waals surface area contributed by atoms with Gasteiger partial charge in [0, 0.05) is 37.4 Å². The number of ketones is 2. The third-order valence-corrected chi connectivity index (χ3v) is 5.28. The van der Waals surface area contributed by atoms with Crippen LogP contribution in [0.5, 0.6) is 0 Å². The minimum Gasteiger partial charge on any atom is -0.368 e. The Morgan fingerprint density at radius 3 is 2.32 bits per heavy atom. The topological polar surface area (TPSA) is 86.8 Å². The summed E-state index contributed by atoms with van der Waals surface area (Å²) >= 11 is 0. The number of halogens is 3. The number of rotatable bonds is 3. The van der Waals surface area contributed by atoms with Crippen LogP contribution in [0.1, 0.15) is 26.3 Å². The van der Waals surface area contributed by atoms with Crippen molar-refractivity contribution < 1.29 is 32.3 Å². The maximum absolute atomic E-state index is 12.9. The van der Waals surface area contributed by atoms with Crippen LogP contribution < -0.4 is 10.2 Å². The fraction of sp³-hybridized carbons (Fsp3) is 0.238. The van der Waals surface area contributed by atoms with Gasteiger partial charge in [-0.05, 0) is 36.4 Å². The first kappa shape index (κ1) is 20.6. The molecule has 0 saturated carbocycles. The predicted octanol–water partition coefficient (Wildman–Crippen LogP) is 2.37. The minimum absolute atomic E-state index is 0.00564. The molecule has 2 heterocycles. The lowest BCUT2D eigenvalue weighted by molar-refractivity contribution is -0.137. The first-order chi connectivity index (χ1) is 14.6. The zero-order valence-electron chi connectivity index (χ0n) is 16.0. The number of nitrogens with one attached hydrogen (secondary N) is 1. The van der Waals surface area contributed by atoms with E-state index in [4.69, 9.17) is 0 Å². The molecule has 2 aromatic rings. The number of fused-ring (bicyclic) bond motifs is 1. The van der Waals surface area contributed by atoms with Gasteiger partial charge < -0.3 is 15.1 Å². The number of alkyl halides is 3. The van der Waals surface area contributed by atoms with Gasteiger partial charge in [0.1, 0.15) is 0 Å². The molecule has 0 radical (unpaired) electrons. The van der Waals surface area contributed by atoms with Gasteiger partial charge in [-0.2, -0.15) is 13.2 Å². The van der Waals surface area contributed by atoms with E-state index in [9.17, 15) is 32.3 Å². The number of anilines is 2. The second-order valence-corrected chi connectivity index (χ2v) is 7.20. The highest BCUT2D eigenvalue weighted by Crippen LogP contribution is 2.32. The lowest BCUT2D eigenvalue weighted by atomic mass is 10.0. The summed E-state index contributed by atoms with van der Waals surface area (Å²) in [6.45, 7) is 0.846. The number of piperazine rings is 1. The maximum Gasteiger partial charge on any atom is 0.416 e. The molecule has 4 rings (SSSR count). The standard InChI is InChI=1S/C21H16F3N3O4/c22-21(23,24)13-2-1-3-14(11-13)26-6-8-27(9-7-26)20(31)17(28)12-4-5-16-15(10-12)18(29)19(30)25-16/h1-5,10-11H,6-9H2,(H,25,29,30). The summed E-state index contributed by atoms with van der Waals surface area (Å²) in [6, 6.07) is 8.91. The molecule has 1 fully saturated rings. The molecule has 160 valence electrons. The van der Waals surface area contributed by atoms with Crippen LogP contribution in [-0.4, -0.2) is 54.5 Å². The molecule has 0 unspecified atom stereocenters. The molecular weight excluding hydrogens is 415 g/mol. The monoisotopic (exact) mass is 431 g/mol. The second-order valence-electron chi connectivity index (χ2n) is 7.20. The Kier molecular flexibility index (Phi) is 5.00. The molecule has 0 aliphatic carbocycles. The first-order valence-corrected chi connectivity index (χ1v) is 9.40. The molecule has 1 saturated heterocycles. The number of amides is 2. The maximum atomic E-state index is 12.9. The highest BCUT2D eigenvalue weighted by atomic mass is 19.4. The van der Waals surface area contributed by atoms with Crippen LogP contribution in [0.15, 0.2) is 42.5 Å². The summed E-state index contributed by atoms with van der Waals surface area (Å²) in [5, 5.41) is 2.37. The van der Waals surface area contributed by atoms with Gasteiger partial charge in [0.05, 0.1) is 16.8 Å². The number of carbonyl (C=O) groups excluding carboxylic acids is 4. The van der Waals surface area contributed by atoms with Crippen molar-refractivity contribution in [2.75, 3.05) is 36.4 Å². The van der Waals surface area contributed by atoms with Crippen molar-refractivity contribution in [1.82, 2.24) is 4.90 Å². The molecule has 1 N–H and O–H groups in total. The van der Waals surface area contributed by atoms with E-state index in [1.54, 1.807) is 11.0 Å². The van der Waals surface area contributed by atoms with E-state index >= 15 is 0 Å². The lowest BCUT2D eigenvalue weighted by Crippen LogP contribution is -2.50. The van der Waals surface area contributed by atoms with Gasteiger partial charge >= 0.3 is 6.18 Å². The van der Waals surface area contributed by atoms with Gasteiger partial charge in [-0.15, -0.1) is 0 Å². The summed E-state index contributed by atoms with van der Waals surface area (Å²) in [4.78, 5) is 51.5. The Morgan fingerprint density at radius 2 is 1.65 bits per heavy atom. The fourth-order valence-electron chi connectivity index (χ4n) is 3.60. The minimum atomic E-state index is -4.45. The molecule has 2 aliphatic heterocycles. The lowest BCUT2D eigenvalue weighted by Gasteiger charge is -2.36. The van der Waals surface area contributed by atoms with E-state index in [2.05, 4.69) is 5.32 Å². The van der Waals surface area contributed by atoms with Crippen molar-refractivity contribution in [2.24, 2.45) is 0 Å². The van der Waals surface area contributed by atoms with E-state index in [1.165, 1.54) is 29.2 Å². The largest absolute Gasteiger partial charge is 0.416 e. The number of carbonyl (C=O) groups is 4. The van der Waals surface area contributed by atoms with Crippen molar-refractivity contribution in [3.63, 3.8) is 0 Å². The van der Waals surface area contributed by atoms with Crippen LogP contribution in [0.3, 0.4) is 0 Å². The Balaban J connectivity index is 1.43. The first-order valence-electron chi connectivity index (χ1n) is 9.40. The predicted molar refractivity (Wildman–Crippen MR) is 104 cm³/mol. The summed E-state index contributed by atoms with van der Waals surface area (Å²) in [5.74, 6) is -3.15. The van der Waals surface area contributed by atoms with Crippen molar-refractivity contribution in [3.05, 3.63) is 59.2 Å². The average Bonchev–Trinajstić information content (AvgIpc) is 3.05. The molecule has 0 bridgehead atoms. The summed E-state index contributed by atoms with van der Waals surface area (Å²) in [5.41, 5.74) is -0.0408. The molecule has 2 aliphatic rings. The normalized spacial score (nSPS) is 16.2. The molecule has 10 heteroatoms. The molecule has 0 aromatic heterocycles. The molecule has 2 amide bonds. The number of Topliss-reactive ketones (excluding diaryl/α,β-unsaturated/α-hetero) is 2. The summed E-state index contributed by atoms with van der Waals surface area (Å²) in [6.07, 6.45) is -4.45. The van der Waals surface area contributed by atoms with Crippen molar-refractivity contribution in [3.8, 4) is 0 Å². The number of nitrogens with zero attached hydrogens (tertiary/aromatic N) is 2. The summed E-state index contributed by atoms with van der Waals surface area (Å²) < 4.78 is 38.8. The molecule has 31 heavy (non-hydrogen) atoms. The van der Waals surface area contributed by atoms with E-state index in [0.717, 1.165) is 12.1 Å². The average molecular weight is 431 g/mol. The van der Waals surface area contributed by atoms with E-state index in [-0.39, 0.29) is 43.0 Å². The fourth-order valence-corrected chi connectivity index (χ4v) is 3.60. The molecule has 0 spiro atoms. The quantitative estimate of drug-likeness (QED) is 0.596. The molecule has 2 aromatic carbocycles. The second kappa shape index (κ2) is 7.53. The van der Waals surface area contributed by atoms with Gasteiger partial charge in [-0.25, -0.2) is 0 Å². The Hall–Kier alpha value is -3.69. The molecular formula is C21H16F3N3O4. The van der Waals surface area contributed by atoms with Crippen LogP contribution in [0.4, 0.5) is 24.5 Å². The van der Waals surface area contributed by atoms with E-state index in [0.29, 0.717) is 5.69 Å². The Bertz CT molecular complexity index is 1110. The van der Waals surface area contributed by atoms with Crippen LogP contribution in [0, 0.1) is 0 Å². The van der Waals surface area contributed by atoms with Crippen LogP contribution >= 0.6 is 0 Å². The zero-order chi connectivity index (χ0) is 22.3. The van der Waals surface area contributed by atoms with Crippen LogP contribution in [-0.2, 0) is 15.8 Å². The highest BCUT2D eigenvalue weighted by Gasteiger charge is 2.33. The van der Waals surface area contributed by atoms with Crippen LogP contribution in [0.2, 0.25) is 0 Å². The molecule has 7 nitrogen and oxygen atoms in total. The van der Waals surface area contributed by atoms with Gasteiger partial charge in [-0.1, -0.05) is 6.07 Å². The van der Waals surface area contributed by atoms with Crippen LogP contribution in [0.25, 0.3) is 0 Å². The number of hydrogen-bond donors (Lipinski definition) is 1. The van der Waals surface area contributed by atoms with Gasteiger partial charge in [0.15, 0.2) is 0 Å². The molecule has 0 atom stereocenters. The van der Waals surface area contributed by atoms with Gasteiger partial charge in [-0.3, -0.25) is 19.2 Å². The summed E-state index contributed by atoms with van der Waals surface area (Å²) in [7, 11) is 0. The third kappa shape index (κ3) is 3.88. The SMILES string of the molecule is O=C1Nc2ccc(C(=O)C(=O)N3CCN(c4cccc(C(F)(F)F)c4)CC3)cc2C1=O. The zero-order valence-corrected chi connectivity index (χ0v) is 16.0. The van der Waals surface area contributed by atoms with E-state index in [1.807, 2.05) is 0 Å². The Labute approximate surface area is 174 Å². The van der Waals surface area contributed by atoms with Crippen molar-refractivity contribution in [2.45, 2.75) is 6.18 Å². The number of benzene rings is 2. The van der Waals surface area contributed by atoms with Gasteiger partial charge in [0.25, 0.3) is 17.6 Å². The third-order valence-electron chi connectivity index (χ3n) is 5.28. The van der Waals surface area contributed by atoms with Gasteiger partial charge in [0.2, 0.25) is 5.78 Å². The Morgan fingerprint density at radius 1 is 0.935 bits per heavy atom. The smallest absolute Gasteiger partial charge is 0.368 e. The van der Waals surface area contributed by atoms with Crippen molar-refractivity contribution >= 4 is 34.8 Å². The van der Waals surface area contributed by atoms with Crippen molar-refractivity contribution in [1.29, 1.82) is 0 Å². The van der Waals surface area contributed by atoms with E-state index < -0.39 is 35.1 Å². The highest BCUT2D eigenvalue weighted by molar-refractivity contribution is 6.52.